The van der Waals surface area contributed by atoms with Crippen LogP contribution in [0.25, 0.3) is 5.57 Å². The number of fused-ring (bicyclic) bond motifs is 1. The summed E-state index contributed by atoms with van der Waals surface area (Å²) in [5.41, 5.74) is 5.52. The van der Waals surface area contributed by atoms with Crippen LogP contribution in [0.2, 0.25) is 0 Å². The molecule has 4 nitrogen and oxygen atoms in total. The Hall–Kier alpha value is -1.81. The number of carboxylic acid groups (broad SMARTS) is 1. The van der Waals surface area contributed by atoms with Gasteiger partial charge >= 0.3 is 5.97 Å². The maximum Gasteiger partial charge on any atom is 0.309 e. The molecule has 1 aromatic carbocycles. The van der Waals surface area contributed by atoms with Gasteiger partial charge < -0.3 is 9.84 Å². The molecule has 1 fully saturated rings. The number of benzene rings is 1. The molecule has 1 saturated heterocycles. The predicted molar refractivity (Wildman–Crippen MR) is 99.9 cm³/mol. The minimum atomic E-state index is -0.664. The predicted octanol–water partition coefficient (Wildman–Crippen LogP) is 3.99. The Morgan fingerprint density at radius 2 is 2.08 bits per heavy atom. The Morgan fingerprint density at radius 3 is 2.80 bits per heavy atom. The Bertz CT molecular complexity index is 659. The molecule has 0 aromatic heterocycles. The second kappa shape index (κ2) is 8.05. The molecular formula is C21H29NO3. The summed E-state index contributed by atoms with van der Waals surface area (Å²) in [6, 6.07) is 6.47. The number of likely N-dealkylation sites (tertiary alicyclic amines) is 1. The van der Waals surface area contributed by atoms with Crippen LogP contribution in [-0.2, 0) is 11.2 Å². The lowest BCUT2D eigenvalue weighted by Crippen LogP contribution is -2.50. The lowest BCUT2D eigenvalue weighted by atomic mass is 9.85. The van der Waals surface area contributed by atoms with E-state index < -0.39 is 5.97 Å². The Labute approximate surface area is 150 Å². The summed E-state index contributed by atoms with van der Waals surface area (Å²) in [4.78, 5) is 13.2. The topological polar surface area (TPSA) is 49.8 Å². The largest absolute Gasteiger partial charge is 0.494 e. The number of aliphatic carboxylic acids is 1. The first-order chi connectivity index (χ1) is 12.1. The van der Waals surface area contributed by atoms with Gasteiger partial charge in [-0.2, -0.15) is 0 Å². The molecule has 0 amide bonds. The summed E-state index contributed by atoms with van der Waals surface area (Å²) in [6.45, 7) is 7.47. The highest BCUT2D eigenvalue weighted by Crippen LogP contribution is 2.34. The maximum atomic E-state index is 10.9. The van der Waals surface area contributed by atoms with Crippen molar-refractivity contribution in [2.45, 2.75) is 46.0 Å². The third-order valence-corrected chi connectivity index (χ3v) is 5.44. The van der Waals surface area contributed by atoms with Crippen LogP contribution in [0.15, 0.2) is 23.8 Å². The summed E-state index contributed by atoms with van der Waals surface area (Å²) >= 11 is 0. The molecule has 0 atom stereocenters. The van der Waals surface area contributed by atoms with Crippen LogP contribution in [-0.4, -0.2) is 42.2 Å². The van der Waals surface area contributed by atoms with Crippen LogP contribution in [0.5, 0.6) is 5.75 Å². The number of ether oxygens (including phenoxy) is 1. The molecule has 136 valence electrons. The first-order valence-corrected chi connectivity index (χ1v) is 9.48. The molecule has 0 unspecified atom stereocenters. The van der Waals surface area contributed by atoms with Crippen molar-refractivity contribution in [1.29, 1.82) is 0 Å². The van der Waals surface area contributed by atoms with Crippen LogP contribution < -0.4 is 4.74 Å². The van der Waals surface area contributed by atoms with Crippen molar-refractivity contribution in [3.8, 4) is 5.75 Å². The van der Waals surface area contributed by atoms with Crippen molar-refractivity contribution in [2.75, 3.05) is 26.2 Å². The Kier molecular flexibility index (Phi) is 5.79. The number of hydrogen-bond donors (Lipinski definition) is 1. The number of allylic oxidation sites excluding steroid dienone is 1. The zero-order valence-electron chi connectivity index (χ0n) is 15.4. The van der Waals surface area contributed by atoms with Crippen LogP contribution in [0.1, 0.15) is 50.7 Å². The van der Waals surface area contributed by atoms with Gasteiger partial charge in [-0.1, -0.05) is 31.4 Å². The fourth-order valence-electron chi connectivity index (χ4n) is 3.76. The van der Waals surface area contributed by atoms with Crippen LogP contribution >= 0.6 is 0 Å². The van der Waals surface area contributed by atoms with Crippen molar-refractivity contribution in [1.82, 2.24) is 4.90 Å². The first-order valence-electron chi connectivity index (χ1n) is 9.48. The molecule has 1 heterocycles. The van der Waals surface area contributed by atoms with Crippen molar-refractivity contribution in [3.05, 3.63) is 34.9 Å². The highest BCUT2D eigenvalue weighted by atomic mass is 16.5. The maximum absolute atomic E-state index is 10.9. The van der Waals surface area contributed by atoms with Gasteiger partial charge in [0.2, 0.25) is 0 Å². The summed E-state index contributed by atoms with van der Waals surface area (Å²) < 4.78 is 5.88. The molecule has 1 aromatic rings. The van der Waals surface area contributed by atoms with E-state index in [1.54, 1.807) is 0 Å². The quantitative estimate of drug-likeness (QED) is 0.725. The number of carbonyl (C=O) groups is 1. The number of carboxylic acids is 1. The minimum absolute atomic E-state index is 0.177. The molecule has 4 heteroatoms. The number of unbranched alkanes of at least 4 members (excludes halogenated alkanes) is 2. The molecule has 0 spiro atoms. The van der Waals surface area contributed by atoms with Crippen LogP contribution in [0.4, 0.5) is 0 Å². The van der Waals surface area contributed by atoms with Gasteiger partial charge in [-0.25, -0.2) is 0 Å². The second-order valence-electron chi connectivity index (χ2n) is 7.33. The molecule has 0 bridgehead atoms. The zero-order valence-corrected chi connectivity index (χ0v) is 15.4. The van der Waals surface area contributed by atoms with Gasteiger partial charge in [0.05, 0.1) is 12.5 Å². The van der Waals surface area contributed by atoms with Crippen LogP contribution in [0, 0.1) is 5.92 Å². The Morgan fingerprint density at radius 1 is 1.28 bits per heavy atom. The van der Waals surface area contributed by atoms with Crippen molar-refractivity contribution in [3.63, 3.8) is 0 Å². The SMILES string of the molecule is CCCCCOc1ccc2c(c1)CCC(CN1CC(C(=O)O)C1)=C2C. The van der Waals surface area contributed by atoms with Gasteiger partial charge in [0, 0.05) is 19.6 Å². The molecule has 3 rings (SSSR count). The zero-order chi connectivity index (χ0) is 17.8. The summed E-state index contributed by atoms with van der Waals surface area (Å²) in [5, 5.41) is 9.01. The average Bonchev–Trinajstić information content (AvgIpc) is 2.56. The van der Waals surface area contributed by atoms with Gasteiger partial charge in [0.1, 0.15) is 5.75 Å². The van der Waals surface area contributed by atoms with E-state index in [0.29, 0.717) is 13.1 Å². The van der Waals surface area contributed by atoms with Crippen molar-refractivity contribution in [2.24, 2.45) is 5.92 Å². The van der Waals surface area contributed by atoms with E-state index >= 15 is 0 Å². The fraction of sp³-hybridized carbons (Fsp3) is 0.571. The molecule has 0 radical (unpaired) electrons. The van der Waals surface area contributed by atoms with Crippen molar-refractivity contribution < 1.29 is 14.6 Å². The Balaban J connectivity index is 1.61. The van der Waals surface area contributed by atoms with Gasteiger partial charge in [-0.05, 0) is 55.0 Å². The third-order valence-electron chi connectivity index (χ3n) is 5.44. The molecule has 0 saturated carbocycles. The second-order valence-corrected chi connectivity index (χ2v) is 7.33. The summed E-state index contributed by atoms with van der Waals surface area (Å²) in [7, 11) is 0. The molecule has 1 aliphatic carbocycles. The van der Waals surface area contributed by atoms with Gasteiger partial charge in [-0.3, -0.25) is 9.69 Å². The lowest BCUT2D eigenvalue weighted by molar-refractivity contribution is -0.147. The van der Waals surface area contributed by atoms with Crippen molar-refractivity contribution >= 4 is 11.5 Å². The monoisotopic (exact) mass is 343 g/mol. The minimum Gasteiger partial charge on any atom is -0.494 e. The average molecular weight is 343 g/mol. The molecular weight excluding hydrogens is 314 g/mol. The van der Waals surface area contributed by atoms with E-state index in [-0.39, 0.29) is 5.92 Å². The molecule has 25 heavy (non-hydrogen) atoms. The highest BCUT2D eigenvalue weighted by Gasteiger charge is 2.33. The molecule has 1 N–H and O–H groups in total. The summed E-state index contributed by atoms with van der Waals surface area (Å²) in [5.74, 6) is 0.143. The number of hydrogen-bond acceptors (Lipinski definition) is 3. The third kappa shape index (κ3) is 4.24. The van der Waals surface area contributed by atoms with Crippen LogP contribution in [0.3, 0.4) is 0 Å². The normalized spacial score (nSPS) is 18.0. The first kappa shape index (κ1) is 18.0. The number of rotatable bonds is 8. The lowest BCUT2D eigenvalue weighted by Gasteiger charge is -2.38. The number of nitrogens with zero attached hydrogens (tertiary/aromatic N) is 1. The highest BCUT2D eigenvalue weighted by molar-refractivity contribution is 5.73. The van der Waals surface area contributed by atoms with E-state index in [0.717, 1.165) is 38.2 Å². The van der Waals surface area contributed by atoms with Gasteiger partial charge in [0.15, 0.2) is 0 Å². The standard InChI is InChI=1S/C21H29NO3/c1-3-4-5-10-25-19-8-9-20-15(2)17(7-6-16(20)11-19)12-22-13-18(14-22)21(23)24/h8-9,11,18H,3-7,10,12-14H2,1-2H3,(H,23,24). The number of aryl methyl sites for hydroxylation is 1. The smallest absolute Gasteiger partial charge is 0.309 e. The van der Waals surface area contributed by atoms with Gasteiger partial charge in [0.25, 0.3) is 0 Å². The van der Waals surface area contributed by atoms with E-state index in [1.807, 2.05) is 0 Å². The molecule has 2 aliphatic rings. The van der Waals surface area contributed by atoms with Gasteiger partial charge in [-0.15, -0.1) is 0 Å². The van der Waals surface area contributed by atoms with E-state index in [4.69, 9.17) is 9.84 Å². The summed E-state index contributed by atoms with van der Waals surface area (Å²) in [6.07, 6.45) is 5.65. The van der Waals surface area contributed by atoms with E-state index in [2.05, 4.69) is 36.9 Å². The fourth-order valence-corrected chi connectivity index (χ4v) is 3.76. The molecule has 1 aliphatic heterocycles. The van der Waals surface area contributed by atoms with E-state index in [1.165, 1.54) is 35.1 Å². The van der Waals surface area contributed by atoms with E-state index in [9.17, 15) is 4.79 Å².